The van der Waals surface area contributed by atoms with E-state index in [1.165, 1.54) is 23.1 Å². The van der Waals surface area contributed by atoms with Crippen LogP contribution >= 0.6 is 0 Å². The molecular formula is C17H19FN2O3S. The SMILES string of the molecule is CN(Cc1ccccc1)C(=O)CN(c1cccc(F)c1)S(C)(=O)=O. The summed E-state index contributed by atoms with van der Waals surface area (Å²) < 4.78 is 38.3. The molecule has 1 amide bonds. The van der Waals surface area contributed by atoms with Crippen LogP contribution < -0.4 is 4.31 Å². The largest absolute Gasteiger partial charge is 0.340 e. The zero-order chi connectivity index (χ0) is 17.7. The molecule has 0 aliphatic heterocycles. The minimum Gasteiger partial charge on any atom is -0.340 e. The molecular weight excluding hydrogens is 331 g/mol. The van der Waals surface area contributed by atoms with Crippen LogP contribution in [0.4, 0.5) is 10.1 Å². The molecule has 0 saturated heterocycles. The normalized spacial score (nSPS) is 11.1. The number of likely N-dealkylation sites (N-methyl/N-ethyl adjacent to an activating group) is 1. The summed E-state index contributed by atoms with van der Waals surface area (Å²) in [4.78, 5) is 13.8. The Kier molecular flexibility index (Phi) is 5.56. The lowest BCUT2D eigenvalue weighted by atomic mass is 10.2. The van der Waals surface area contributed by atoms with E-state index in [4.69, 9.17) is 0 Å². The molecule has 2 rings (SSSR count). The minimum absolute atomic E-state index is 0.124. The summed E-state index contributed by atoms with van der Waals surface area (Å²) in [5.41, 5.74) is 1.06. The van der Waals surface area contributed by atoms with Crippen molar-refractivity contribution in [2.24, 2.45) is 0 Å². The molecule has 0 aliphatic carbocycles. The molecule has 2 aromatic carbocycles. The van der Waals surface area contributed by atoms with Crippen molar-refractivity contribution in [2.45, 2.75) is 6.54 Å². The fourth-order valence-electron chi connectivity index (χ4n) is 2.22. The number of benzene rings is 2. The van der Waals surface area contributed by atoms with Gasteiger partial charge in [-0.2, -0.15) is 0 Å². The number of anilines is 1. The number of hydrogen-bond donors (Lipinski definition) is 0. The predicted octanol–water partition coefficient (Wildman–Crippen LogP) is 2.25. The fraction of sp³-hybridized carbons (Fsp3) is 0.235. The van der Waals surface area contributed by atoms with Gasteiger partial charge in [0.1, 0.15) is 12.4 Å². The molecule has 7 heteroatoms. The highest BCUT2D eigenvalue weighted by Gasteiger charge is 2.23. The number of rotatable bonds is 6. The van der Waals surface area contributed by atoms with E-state index in [0.717, 1.165) is 22.2 Å². The van der Waals surface area contributed by atoms with Gasteiger partial charge in [0.05, 0.1) is 11.9 Å². The summed E-state index contributed by atoms with van der Waals surface area (Å²) in [5.74, 6) is -0.945. The topological polar surface area (TPSA) is 57.7 Å². The number of nitrogens with zero attached hydrogens (tertiary/aromatic N) is 2. The van der Waals surface area contributed by atoms with E-state index in [-0.39, 0.29) is 18.1 Å². The molecule has 0 fully saturated rings. The van der Waals surface area contributed by atoms with Gasteiger partial charge in [-0.05, 0) is 23.8 Å². The first-order valence-corrected chi connectivity index (χ1v) is 9.13. The van der Waals surface area contributed by atoms with Crippen LogP contribution in [0.5, 0.6) is 0 Å². The first kappa shape index (κ1) is 17.9. The Morgan fingerprint density at radius 2 is 1.75 bits per heavy atom. The van der Waals surface area contributed by atoms with Crippen molar-refractivity contribution < 1.29 is 17.6 Å². The zero-order valence-corrected chi connectivity index (χ0v) is 14.3. The van der Waals surface area contributed by atoms with Crippen molar-refractivity contribution in [3.8, 4) is 0 Å². The molecule has 0 aliphatic rings. The molecule has 5 nitrogen and oxygen atoms in total. The average molecular weight is 350 g/mol. The summed E-state index contributed by atoms with van der Waals surface area (Å²) in [7, 11) is -2.12. The summed E-state index contributed by atoms with van der Waals surface area (Å²) in [6, 6.07) is 14.5. The van der Waals surface area contributed by atoms with Crippen LogP contribution in [-0.4, -0.2) is 39.1 Å². The van der Waals surface area contributed by atoms with Crippen LogP contribution in [0.2, 0.25) is 0 Å². The summed E-state index contributed by atoms with van der Waals surface area (Å²) >= 11 is 0. The van der Waals surface area contributed by atoms with Gasteiger partial charge >= 0.3 is 0 Å². The fourth-order valence-corrected chi connectivity index (χ4v) is 3.06. The Morgan fingerprint density at radius 1 is 1.08 bits per heavy atom. The number of carbonyl (C=O) groups excluding carboxylic acids is 1. The molecule has 128 valence electrons. The molecule has 0 saturated carbocycles. The second-order valence-corrected chi connectivity index (χ2v) is 7.39. The summed E-state index contributed by atoms with van der Waals surface area (Å²) in [5, 5.41) is 0. The molecule has 0 unspecified atom stereocenters. The van der Waals surface area contributed by atoms with Crippen molar-refractivity contribution >= 4 is 21.6 Å². The lowest BCUT2D eigenvalue weighted by Crippen LogP contribution is -2.41. The van der Waals surface area contributed by atoms with Gasteiger partial charge in [-0.25, -0.2) is 12.8 Å². The maximum atomic E-state index is 13.4. The van der Waals surface area contributed by atoms with E-state index in [1.807, 2.05) is 30.3 Å². The minimum atomic E-state index is -3.72. The Morgan fingerprint density at radius 3 is 2.33 bits per heavy atom. The van der Waals surface area contributed by atoms with Gasteiger partial charge in [0.15, 0.2) is 0 Å². The molecule has 0 heterocycles. The molecule has 0 bridgehead atoms. The number of sulfonamides is 1. The summed E-state index contributed by atoms with van der Waals surface area (Å²) in [6.07, 6.45) is 0.988. The van der Waals surface area contributed by atoms with E-state index in [2.05, 4.69) is 0 Å². The van der Waals surface area contributed by atoms with Gasteiger partial charge in [0, 0.05) is 13.6 Å². The van der Waals surface area contributed by atoms with Crippen LogP contribution in [-0.2, 0) is 21.4 Å². The van der Waals surface area contributed by atoms with Crippen LogP contribution in [0.25, 0.3) is 0 Å². The lowest BCUT2D eigenvalue weighted by Gasteiger charge is -2.25. The van der Waals surface area contributed by atoms with Crippen LogP contribution in [0.15, 0.2) is 54.6 Å². The van der Waals surface area contributed by atoms with E-state index >= 15 is 0 Å². The molecule has 2 aromatic rings. The van der Waals surface area contributed by atoms with Gasteiger partial charge in [-0.1, -0.05) is 36.4 Å². The molecule has 0 radical (unpaired) electrons. The zero-order valence-electron chi connectivity index (χ0n) is 13.5. The third kappa shape index (κ3) is 4.79. The van der Waals surface area contributed by atoms with Gasteiger partial charge in [0.25, 0.3) is 0 Å². The van der Waals surface area contributed by atoms with Crippen LogP contribution in [0.3, 0.4) is 0 Å². The Hall–Kier alpha value is -2.41. The van der Waals surface area contributed by atoms with E-state index in [9.17, 15) is 17.6 Å². The second-order valence-electron chi connectivity index (χ2n) is 5.48. The van der Waals surface area contributed by atoms with Crippen LogP contribution in [0.1, 0.15) is 5.56 Å². The van der Waals surface area contributed by atoms with Crippen molar-refractivity contribution in [3.63, 3.8) is 0 Å². The van der Waals surface area contributed by atoms with Crippen molar-refractivity contribution in [2.75, 3.05) is 24.2 Å². The lowest BCUT2D eigenvalue weighted by molar-refractivity contribution is -0.128. The predicted molar refractivity (Wildman–Crippen MR) is 91.5 cm³/mol. The molecule has 0 spiro atoms. The smallest absolute Gasteiger partial charge is 0.243 e. The van der Waals surface area contributed by atoms with Crippen LogP contribution in [0, 0.1) is 5.82 Å². The average Bonchev–Trinajstić information content (AvgIpc) is 2.52. The Bertz CT molecular complexity index is 810. The van der Waals surface area contributed by atoms with E-state index < -0.39 is 15.8 Å². The molecule has 0 aromatic heterocycles. The number of halogens is 1. The van der Waals surface area contributed by atoms with Crippen molar-refractivity contribution in [3.05, 3.63) is 66.0 Å². The highest BCUT2D eigenvalue weighted by atomic mass is 32.2. The quantitative estimate of drug-likeness (QED) is 0.803. The van der Waals surface area contributed by atoms with Crippen molar-refractivity contribution in [1.29, 1.82) is 0 Å². The highest BCUT2D eigenvalue weighted by Crippen LogP contribution is 2.18. The number of amides is 1. The Labute approximate surface area is 141 Å². The highest BCUT2D eigenvalue weighted by molar-refractivity contribution is 7.92. The number of hydrogen-bond acceptors (Lipinski definition) is 3. The Balaban J connectivity index is 2.16. The first-order valence-electron chi connectivity index (χ1n) is 7.28. The van der Waals surface area contributed by atoms with Gasteiger partial charge in [-0.3, -0.25) is 9.10 Å². The van der Waals surface area contributed by atoms with E-state index in [0.29, 0.717) is 6.54 Å². The standard InChI is InChI=1S/C17H19FN2O3S/c1-19(12-14-7-4-3-5-8-14)17(21)13-20(24(2,22)23)16-10-6-9-15(18)11-16/h3-11H,12-13H2,1-2H3. The monoisotopic (exact) mass is 350 g/mol. The van der Waals surface area contributed by atoms with Gasteiger partial charge < -0.3 is 4.90 Å². The van der Waals surface area contributed by atoms with Gasteiger partial charge in [0.2, 0.25) is 15.9 Å². The van der Waals surface area contributed by atoms with E-state index in [1.54, 1.807) is 7.05 Å². The molecule has 24 heavy (non-hydrogen) atoms. The maximum Gasteiger partial charge on any atom is 0.243 e. The summed E-state index contributed by atoms with van der Waals surface area (Å²) in [6.45, 7) is -0.0218. The molecule has 0 atom stereocenters. The third-order valence-electron chi connectivity index (χ3n) is 3.46. The first-order chi connectivity index (χ1) is 11.3. The van der Waals surface area contributed by atoms with Gasteiger partial charge in [-0.15, -0.1) is 0 Å². The number of carbonyl (C=O) groups is 1. The third-order valence-corrected chi connectivity index (χ3v) is 4.60. The maximum absolute atomic E-state index is 13.4. The molecule has 0 N–H and O–H groups in total. The second kappa shape index (κ2) is 7.44. The van der Waals surface area contributed by atoms with Crippen molar-refractivity contribution in [1.82, 2.24) is 4.90 Å².